The number of halogens is 2. The molecule has 0 radical (unpaired) electrons. The highest BCUT2D eigenvalue weighted by Crippen LogP contribution is 2.14. The van der Waals surface area contributed by atoms with E-state index in [1.165, 1.54) is 6.26 Å². The first kappa shape index (κ1) is 10.2. The van der Waals surface area contributed by atoms with Gasteiger partial charge in [0, 0.05) is 12.1 Å². The second-order valence-electron chi connectivity index (χ2n) is 2.69. The number of hydrogen-bond donors (Lipinski definition) is 1. The van der Waals surface area contributed by atoms with Crippen molar-refractivity contribution in [3.63, 3.8) is 0 Å². The van der Waals surface area contributed by atoms with Gasteiger partial charge < -0.3 is 9.84 Å². The van der Waals surface area contributed by atoms with Gasteiger partial charge in [-0.05, 0) is 11.6 Å². The van der Waals surface area contributed by atoms with E-state index in [1.807, 2.05) is 0 Å². The van der Waals surface area contributed by atoms with Crippen molar-refractivity contribution in [3.8, 4) is 0 Å². The molecule has 0 fully saturated rings. The van der Waals surface area contributed by atoms with Gasteiger partial charge in [0.1, 0.15) is 22.9 Å². The van der Waals surface area contributed by atoms with E-state index in [1.54, 1.807) is 12.1 Å². The van der Waals surface area contributed by atoms with Crippen molar-refractivity contribution in [1.29, 1.82) is 0 Å². The minimum Gasteiger partial charge on any atom is -0.364 e. The van der Waals surface area contributed by atoms with Crippen molar-refractivity contribution < 1.29 is 4.52 Å². The van der Waals surface area contributed by atoms with Gasteiger partial charge in [0.15, 0.2) is 0 Å². The third-order valence-electron chi connectivity index (χ3n) is 1.61. The average Bonchev–Trinajstić information content (AvgIpc) is 2.65. The maximum absolute atomic E-state index is 5.70. The Morgan fingerprint density at radius 3 is 2.87 bits per heavy atom. The predicted molar refractivity (Wildman–Crippen MR) is 55.9 cm³/mol. The molecule has 0 unspecified atom stereocenters. The molecule has 0 bridgehead atoms. The molecule has 7 heteroatoms. The standard InChI is InChI=1S/C8H6Cl2N4O/c9-6-3-7(13-8(10)12-6)11-4-5-1-2-15-14-5/h1-3H,4H2,(H,11,12,13). The summed E-state index contributed by atoms with van der Waals surface area (Å²) in [5.41, 5.74) is 0.765. The molecule has 0 aliphatic carbocycles. The molecule has 0 amide bonds. The van der Waals surface area contributed by atoms with Gasteiger partial charge in [-0.3, -0.25) is 0 Å². The first-order chi connectivity index (χ1) is 7.24. The van der Waals surface area contributed by atoms with Gasteiger partial charge >= 0.3 is 0 Å². The summed E-state index contributed by atoms with van der Waals surface area (Å²) in [6, 6.07) is 3.32. The van der Waals surface area contributed by atoms with Crippen LogP contribution in [0.1, 0.15) is 5.69 Å². The van der Waals surface area contributed by atoms with E-state index in [9.17, 15) is 0 Å². The summed E-state index contributed by atoms with van der Waals surface area (Å²) in [6.07, 6.45) is 1.50. The van der Waals surface area contributed by atoms with E-state index in [0.717, 1.165) is 5.69 Å². The SMILES string of the molecule is Clc1cc(NCc2ccon2)nc(Cl)n1. The molecule has 2 rings (SSSR count). The quantitative estimate of drug-likeness (QED) is 0.664. The molecule has 0 aliphatic heterocycles. The molecule has 0 saturated heterocycles. The Hall–Kier alpha value is -1.33. The second kappa shape index (κ2) is 4.46. The van der Waals surface area contributed by atoms with Crippen molar-refractivity contribution in [2.75, 3.05) is 5.32 Å². The molecule has 2 heterocycles. The van der Waals surface area contributed by atoms with Gasteiger partial charge in [-0.25, -0.2) is 9.97 Å². The van der Waals surface area contributed by atoms with Crippen LogP contribution >= 0.6 is 23.2 Å². The predicted octanol–water partition coefficient (Wildman–Crippen LogP) is 2.38. The van der Waals surface area contributed by atoms with Crippen molar-refractivity contribution in [3.05, 3.63) is 34.5 Å². The Balaban J connectivity index is 2.05. The molecule has 0 atom stereocenters. The monoisotopic (exact) mass is 244 g/mol. The minimum absolute atomic E-state index is 0.102. The van der Waals surface area contributed by atoms with Crippen LogP contribution in [0.4, 0.5) is 5.82 Å². The molecule has 2 aromatic rings. The Labute approximate surface area is 95.4 Å². The number of nitrogens with zero attached hydrogens (tertiary/aromatic N) is 3. The zero-order chi connectivity index (χ0) is 10.7. The molecule has 78 valence electrons. The molecular formula is C8H6Cl2N4O. The van der Waals surface area contributed by atoms with Crippen LogP contribution in [-0.4, -0.2) is 15.1 Å². The molecular weight excluding hydrogens is 239 g/mol. The van der Waals surface area contributed by atoms with Crippen molar-refractivity contribution in [1.82, 2.24) is 15.1 Å². The highest BCUT2D eigenvalue weighted by atomic mass is 35.5. The molecule has 0 aliphatic rings. The van der Waals surface area contributed by atoms with Crippen LogP contribution in [0.25, 0.3) is 0 Å². The Kier molecular flexibility index (Phi) is 3.03. The highest BCUT2D eigenvalue weighted by molar-refractivity contribution is 6.32. The summed E-state index contributed by atoms with van der Waals surface area (Å²) in [4.78, 5) is 7.66. The van der Waals surface area contributed by atoms with Crippen LogP contribution in [0.3, 0.4) is 0 Å². The number of hydrogen-bond acceptors (Lipinski definition) is 5. The smallest absolute Gasteiger partial charge is 0.225 e. The third-order valence-corrected chi connectivity index (χ3v) is 1.97. The fourth-order valence-electron chi connectivity index (χ4n) is 0.990. The van der Waals surface area contributed by atoms with Crippen LogP contribution in [0.15, 0.2) is 22.9 Å². The lowest BCUT2D eigenvalue weighted by Gasteiger charge is -2.03. The van der Waals surface area contributed by atoms with Gasteiger partial charge in [-0.2, -0.15) is 0 Å². The van der Waals surface area contributed by atoms with Crippen LogP contribution in [0.2, 0.25) is 10.4 Å². The van der Waals surface area contributed by atoms with Crippen LogP contribution < -0.4 is 5.32 Å². The van der Waals surface area contributed by atoms with Gasteiger partial charge in [-0.15, -0.1) is 0 Å². The van der Waals surface area contributed by atoms with Crippen LogP contribution in [-0.2, 0) is 6.54 Å². The molecule has 5 nitrogen and oxygen atoms in total. The maximum Gasteiger partial charge on any atom is 0.225 e. The molecule has 0 saturated carbocycles. The van der Waals surface area contributed by atoms with E-state index in [4.69, 9.17) is 23.2 Å². The lowest BCUT2D eigenvalue weighted by Crippen LogP contribution is -2.02. The zero-order valence-electron chi connectivity index (χ0n) is 7.44. The Bertz CT molecular complexity index is 426. The minimum atomic E-state index is 0.102. The van der Waals surface area contributed by atoms with E-state index in [2.05, 4.69) is 25.0 Å². The second-order valence-corrected chi connectivity index (χ2v) is 3.41. The van der Waals surface area contributed by atoms with E-state index >= 15 is 0 Å². The fourth-order valence-corrected chi connectivity index (χ4v) is 1.40. The van der Waals surface area contributed by atoms with Gasteiger partial charge in [0.05, 0.1) is 6.54 Å². The third kappa shape index (κ3) is 2.81. The molecule has 2 aromatic heterocycles. The Morgan fingerprint density at radius 1 is 1.33 bits per heavy atom. The molecule has 0 spiro atoms. The van der Waals surface area contributed by atoms with Crippen LogP contribution in [0, 0.1) is 0 Å². The topological polar surface area (TPSA) is 63.8 Å². The van der Waals surface area contributed by atoms with Crippen molar-refractivity contribution in [2.45, 2.75) is 6.54 Å². The van der Waals surface area contributed by atoms with E-state index < -0.39 is 0 Å². The molecule has 1 N–H and O–H groups in total. The lowest BCUT2D eigenvalue weighted by molar-refractivity contribution is 0.412. The molecule has 0 aromatic carbocycles. The highest BCUT2D eigenvalue weighted by Gasteiger charge is 2.02. The van der Waals surface area contributed by atoms with Gasteiger partial charge in [0.25, 0.3) is 0 Å². The average molecular weight is 245 g/mol. The summed E-state index contributed by atoms with van der Waals surface area (Å²) in [7, 11) is 0. The fraction of sp³-hybridized carbons (Fsp3) is 0.125. The number of nitrogens with one attached hydrogen (secondary N) is 1. The zero-order valence-corrected chi connectivity index (χ0v) is 8.96. The number of aromatic nitrogens is 3. The normalized spacial score (nSPS) is 10.3. The first-order valence-electron chi connectivity index (χ1n) is 4.07. The summed E-state index contributed by atoms with van der Waals surface area (Å²) < 4.78 is 4.68. The number of anilines is 1. The van der Waals surface area contributed by atoms with Crippen molar-refractivity contribution >= 4 is 29.0 Å². The molecule has 15 heavy (non-hydrogen) atoms. The first-order valence-corrected chi connectivity index (χ1v) is 4.83. The van der Waals surface area contributed by atoms with Crippen LogP contribution in [0.5, 0.6) is 0 Å². The van der Waals surface area contributed by atoms with Crippen molar-refractivity contribution in [2.24, 2.45) is 0 Å². The van der Waals surface area contributed by atoms with E-state index in [-0.39, 0.29) is 10.4 Å². The van der Waals surface area contributed by atoms with Gasteiger partial charge in [0.2, 0.25) is 5.28 Å². The maximum atomic E-state index is 5.70. The summed E-state index contributed by atoms with van der Waals surface area (Å²) in [5.74, 6) is 0.544. The van der Waals surface area contributed by atoms with E-state index in [0.29, 0.717) is 12.4 Å². The van der Waals surface area contributed by atoms with Gasteiger partial charge in [-0.1, -0.05) is 16.8 Å². The summed E-state index contributed by atoms with van der Waals surface area (Å²) >= 11 is 11.3. The summed E-state index contributed by atoms with van der Waals surface area (Å²) in [6.45, 7) is 0.486. The summed E-state index contributed by atoms with van der Waals surface area (Å²) in [5, 5.41) is 7.11. The Morgan fingerprint density at radius 2 is 2.20 bits per heavy atom. The number of rotatable bonds is 3. The largest absolute Gasteiger partial charge is 0.364 e. The lowest BCUT2D eigenvalue weighted by atomic mass is 10.4.